The van der Waals surface area contributed by atoms with E-state index in [-0.39, 0.29) is 52.4 Å². The number of hydrogen-bond acceptors (Lipinski definition) is 0. The van der Waals surface area contributed by atoms with E-state index in [9.17, 15) is 0 Å². The van der Waals surface area contributed by atoms with Crippen molar-refractivity contribution >= 4 is 37.5 Å². The van der Waals surface area contributed by atoms with Crippen LogP contribution in [-0.4, -0.2) is 0 Å². The molecule has 72 valence electrons. The Bertz CT molecular complexity index is 1010. The van der Waals surface area contributed by atoms with E-state index in [1.165, 1.54) is 6.07 Å². The molecule has 0 nitrogen and oxygen atoms in total. The molecule has 1 heteroatoms. The van der Waals surface area contributed by atoms with Crippen molar-refractivity contribution in [2.24, 2.45) is 0 Å². The fraction of sp³-hybridized carbons (Fsp3) is 0. The molecule has 0 heterocycles. The van der Waals surface area contributed by atoms with Crippen molar-refractivity contribution in [3.63, 3.8) is 0 Å². The van der Waals surface area contributed by atoms with Crippen LogP contribution in [-0.2, 0) is 0 Å². The van der Waals surface area contributed by atoms with E-state index in [2.05, 4.69) is 15.9 Å². The number of hydrogen-bond donors (Lipinski definition) is 0. The highest BCUT2D eigenvalue weighted by Crippen LogP contribution is 2.32. The first kappa shape index (κ1) is 3.91. The highest BCUT2D eigenvalue weighted by molar-refractivity contribution is 9.10. The number of fused-ring (bicyclic) bond motifs is 2. The summed E-state index contributed by atoms with van der Waals surface area (Å²) in [5.41, 5.74) is 0. The Kier molecular flexibility index (Phi) is 0.874. The molecule has 0 aliphatic rings. The normalized spacial score (nSPS) is 18.5. The van der Waals surface area contributed by atoms with Crippen molar-refractivity contribution in [1.82, 2.24) is 0 Å². The quantitative estimate of drug-likeness (QED) is 0.514. The van der Waals surface area contributed by atoms with Gasteiger partial charge >= 0.3 is 0 Å². The summed E-state index contributed by atoms with van der Waals surface area (Å²) in [5.74, 6) is 0. The second-order valence-corrected chi connectivity index (χ2v) is 3.81. The van der Waals surface area contributed by atoms with Crippen molar-refractivity contribution in [3.05, 3.63) is 58.9 Å². The van der Waals surface area contributed by atoms with Crippen LogP contribution >= 0.6 is 15.9 Å². The van der Waals surface area contributed by atoms with Crippen molar-refractivity contribution < 1.29 is 11.0 Å². The summed E-state index contributed by atoms with van der Waals surface area (Å²) >= 11 is 3.29. The van der Waals surface area contributed by atoms with Gasteiger partial charge in [0.15, 0.2) is 0 Å². The van der Waals surface area contributed by atoms with Gasteiger partial charge in [0.2, 0.25) is 0 Å². The number of halogens is 1. The van der Waals surface area contributed by atoms with E-state index < -0.39 is 12.1 Å². The molecule has 3 rings (SSSR count). The molecular formula is C14H9Br. The van der Waals surface area contributed by atoms with Gasteiger partial charge in [0, 0.05) is 4.47 Å². The summed E-state index contributed by atoms with van der Waals surface area (Å²) in [4.78, 5) is 0. The van der Waals surface area contributed by atoms with Crippen LogP contribution in [0.2, 0.25) is 0 Å². The smallest absolute Gasteiger partial charge is 0.0616 e. The van der Waals surface area contributed by atoms with E-state index in [0.29, 0.717) is 9.86 Å². The maximum absolute atomic E-state index is 8.31. The third-order valence-electron chi connectivity index (χ3n) is 2.14. The maximum Gasteiger partial charge on any atom is 0.0636 e. The molecule has 3 aromatic rings. The van der Waals surface area contributed by atoms with Gasteiger partial charge < -0.3 is 0 Å². The lowest BCUT2D eigenvalue weighted by molar-refractivity contribution is 1.74. The second kappa shape index (κ2) is 3.35. The lowest BCUT2D eigenvalue weighted by atomic mass is 10.0. The van der Waals surface area contributed by atoms with Crippen LogP contribution in [0.15, 0.2) is 58.9 Å². The number of rotatable bonds is 0. The third-order valence-corrected chi connectivity index (χ3v) is 2.96. The van der Waals surface area contributed by atoms with Gasteiger partial charge in [0.25, 0.3) is 0 Å². The van der Waals surface area contributed by atoms with Crippen molar-refractivity contribution in [2.75, 3.05) is 0 Å². The predicted octanol–water partition coefficient (Wildman–Crippen LogP) is 4.76. The zero-order chi connectivity index (χ0) is 17.2. The summed E-state index contributed by atoms with van der Waals surface area (Å²) in [5, 5.41) is 0.556. The molecule has 0 aliphatic heterocycles. The highest BCUT2D eigenvalue weighted by Gasteiger charge is 2.03. The Labute approximate surface area is 108 Å². The van der Waals surface area contributed by atoms with Gasteiger partial charge in [0.1, 0.15) is 0 Å². The third kappa shape index (κ3) is 1.35. The first-order valence-corrected chi connectivity index (χ1v) is 5.06. The van der Waals surface area contributed by atoms with E-state index in [4.69, 9.17) is 11.0 Å². The zero-order valence-corrected chi connectivity index (χ0v) is 9.04. The fourth-order valence-corrected chi connectivity index (χ4v) is 2.06. The molecule has 15 heavy (non-hydrogen) atoms. The highest BCUT2D eigenvalue weighted by atomic mass is 79.9. The lowest BCUT2D eigenvalue weighted by Crippen LogP contribution is -1.78. The Balaban J connectivity index is 2.77. The van der Waals surface area contributed by atoms with Gasteiger partial charge in [-0.05, 0) is 43.5 Å². The van der Waals surface area contributed by atoms with E-state index in [1.54, 1.807) is 0 Å². The molecule has 0 unspecified atom stereocenters. The topological polar surface area (TPSA) is 0 Å². The van der Waals surface area contributed by atoms with Gasteiger partial charge in [0.05, 0.1) is 11.0 Å². The lowest BCUT2D eigenvalue weighted by Gasteiger charge is -2.05. The van der Waals surface area contributed by atoms with E-state index >= 15 is 0 Å². The summed E-state index contributed by atoms with van der Waals surface area (Å²) in [6.07, 6.45) is 0. The van der Waals surface area contributed by atoms with Crippen LogP contribution in [0.25, 0.3) is 21.5 Å². The van der Waals surface area contributed by atoms with Gasteiger partial charge in [-0.1, -0.05) is 48.4 Å². The van der Waals surface area contributed by atoms with Crippen LogP contribution in [0.1, 0.15) is 11.0 Å². The van der Waals surface area contributed by atoms with Gasteiger partial charge in [-0.25, -0.2) is 0 Å². The standard InChI is InChI=1S/C14H9Br/c15-14-12-7-3-1-5-10(12)9-11-6-2-4-8-13(11)14/h1-9H/i1D,2D,3D,4D,5D,6D,7D,9D. The second-order valence-electron chi connectivity index (χ2n) is 3.02. The minimum Gasteiger partial charge on any atom is -0.0616 e. The molecule has 0 amide bonds. The molecule has 0 atom stereocenters. The first-order valence-electron chi connectivity index (χ1n) is 8.27. The van der Waals surface area contributed by atoms with Crippen LogP contribution in [0.4, 0.5) is 0 Å². The Morgan fingerprint density at radius 3 is 2.40 bits per heavy atom. The van der Waals surface area contributed by atoms with Gasteiger partial charge in [-0.15, -0.1) is 0 Å². The molecule has 3 aromatic carbocycles. The largest absolute Gasteiger partial charge is 0.0636 e. The molecule has 0 aromatic heterocycles. The van der Waals surface area contributed by atoms with Crippen molar-refractivity contribution in [1.29, 1.82) is 0 Å². The van der Waals surface area contributed by atoms with Crippen molar-refractivity contribution in [3.8, 4) is 0 Å². The molecule has 0 radical (unpaired) electrons. The summed E-state index contributed by atoms with van der Waals surface area (Å²) < 4.78 is 63.8. The summed E-state index contributed by atoms with van der Waals surface area (Å²) in [6.45, 7) is 0. The van der Waals surface area contributed by atoms with Gasteiger partial charge in [-0.2, -0.15) is 0 Å². The molecule has 0 N–H and O–H groups in total. The van der Waals surface area contributed by atoms with Gasteiger partial charge in [-0.3, -0.25) is 0 Å². The number of benzene rings is 3. The fourth-order valence-electron chi connectivity index (χ4n) is 1.45. The van der Waals surface area contributed by atoms with E-state index in [0.717, 1.165) is 0 Å². The molecular weight excluding hydrogens is 248 g/mol. The Morgan fingerprint density at radius 2 is 1.53 bits per heavy atom. The SMILES string of the molecule is [2H]c1cc2c(Br)c3c([2H])c([2H])c([2H])c([2H])c3c([2H])c2c([2H])c1[2H]. The Morgan fingerprint density at radius 1 is 0.867 bits per heavy atom. The molecule has 0 aliphatic carbocycles. The van der Waals surface area contributed by atoms with E-state index in [1.807, 2.05) is 0 Å². The first-order chi connectivity index (χ1) is 10.7. The minimum atomic E-state index is -0.447. The monoisotopic (exact) mass is 264 g/mol. The zero-order valence-electron chi connectivity index (χ0n) is 15.5. The average Bonchev–Trinajstić information content (AvgIpc) is 2.51. The summed E-state index contributed by atoms with van der Waals surface area (Å²) in [6, 6.07) is -1.19. The van der Waals surface area contributed by atoms with Crippen molar-refractivity contribution in [2.45, 2.75) is 0 Å². The maximum atomic E-state index is 8.31. The molecule has 0 spiro atoms. The average molecular weight is 265 g/mol. The van der Waals surface area contributed by atoms with Crippen LogP contribution in [0.3, 0.4) is 0 Å². The molecule has 0 bridgehead atoms. The van der Waals surface area contributed by atoms with Crippen LogP contribution in [0.5, 0.6) is 0 Å². The molecule has 0 saturated carbocycles. The van der Waals surface area contributed by atoms with Crippen LogP contribution < -0.4 is 0 Å². The molecule has 0 saturated heterocycles. The Hall–Kier alpha value is -1.34. The summed E-state index contributed by atoms with van der Waals surface area (Å²) in [7, 11) is 0. The van der Waals surface area contributed by atoms with Crippen LogP contribution in [0, 0.1) is 0 Å². The minimum absolute atomic E-state index is 0.000931. The predicted molar refractivity (Wildman–Crippen MR) is 69.2 cm³/mol. The molecule has 0 fully saturated rings.